The molecule has 1 N–H and O–H groups in total. The molecule has 0 aliphatic carbocycles. The Labute approximate surface area is 167 Å². The summed E-state index contributed by atoms with van der Waals surface area (Å²) in [4.78, 5) is 13.0. The van der Waals surface area contributed by atoms with Crippen molar-refractivity contribution in [1.29, 1.82) is 0 Å². The van der Waals surface area contributed by atoms with E-state index in [1.54, 1.807) is 50.6 Å². The van der Waals surface area contributed by atoms with Gasteiger partial charge in [-0.25, -0.2) is 5.01 Å². The van der Waals surface area contributed by atoms with Crippen LogP contribution in [0.2, 0.25) is 0 Å². The molecule has 1 aliphatic heterocycles. The number of hydrogen-bond acceptors (Lipinski definition) is 6. The molecule has 2 aromatic carbocycles. The molecule has 4 rings (SSSR count). The van der Waals surface area contributed by atoms with Crippen LogP contribution in [0, 0.1) is 0 Å². The Morgan fingerprint density at radius 2 is 1.90 bits per heavy atom. The van der Waals surface area contributed by atoms with E-state index < -0.39 is 6.04 Å². The first-order valence-electron chi connectivity index (χ1n) is 9.07. The number of aromatic hydroxyl groups is 1. The topological polar surface area (TPSA) is 84.5 Å². The number of benzene rings is 2. The lowest BCUT2D eigenvalue weighted by atomic mass is 9.97. The molecule has 7 nitrogen and oxygen atoms in total. The second kappa shape index (κ2) is 7.71. The lowest BCUT2D eigenvalue weighted by Gasteiger charge is -2.21. The Kier molecular flexibility index (Phi) is 4.95. The van der Waals surface area contributed by atoms with Crippen LogP contribution in [0.25, 0.3) is 0 Å². The van der Waals surface area contributed by atoms with Crippen LogP contribution in [-0.4, -0.2) is 36.0 Å². The maximum atomic E-state index is 13.0. The number of carbonyl (C=O) groups excluding carboxylic acids is 1. The minimum atomic E-state index is -0.461. The summed E-state index contributed by atoms with van der Waals surface area (Å²) in [7, 11) is 3.14. The number of rotatable bonds is 5. The Bertz CT molecular complexity index is 1060. The van der Waals surface area contributed by atoms with Crippen molar-refractivity contribution in [2.75, 3.05) is 14.2 Å². The number of hydrogen-bond donors (Lipinski definition) is 1. The van der Waals surface area contributed by atoms with Crippen molar-refractivity contribution >= 4 is 11.6 Å². The third-order valence-electron chi connectivity index (χ3n) is 4.86. The first-order chi connectivity index (χ1) is 14.1. The number of phenolic OH excluding ortho intramolecular Hbond substituents is 1. The Hall–Kier alpha value is -3.74. The van der Waals surface area contributed by atoms with E-state index in [0.29, 0.717) is 29.2 Å². The molecule has 0 fully saturated rings. The van der Waals surface area contributed by atoms with Crippen molar-refractivity contribution in [1.82, 2.24) is 5.01 Å². The van der Waals surface area contributed by atoms with Gasteiger partial charge >= 0.3 is 5.91 Å². The average Bonchev–Trinajstić information content (AvgIpc) is 3.43. The summed E-state index contributed by atoms with van der Waals surface area (Å²) in [6.45, 7) is 0. The van der Waals surface area contributed by atoms with E-state index in [1.165, 1.54) is 11.3 Å². The zero-order valence-electron chi connectivity index (χ0n) is 16.0. The van der Waals surface area contributed by atoms with Crippen LogP contribution < -0.4 is 9.47 Å². The smallest absolute Gasteiger partial charge is 0.310 e. The van der Waals surface area contributed by atoms with Crippen LogP contribution in [0.4, 0.5) is 0 Å². The molecular weight excluding hydrogens is 372 g/mol. The van der Waals surface area contributed by atoms with Gasteiger partial charge in [-0.05, 0) is 36.4 Å². The predicted molar refractivity (Wildman–Crippen MR) is 106 cm³/mol. The standard InChI is InChI=1S/C22H20N2O5/c1-27-19-10-9-14(12-21(19)28-2)16-13-17(15-6-3-4-7-18(15)25)24(23-16)22(26)20-8-5-11-29-20/h3-12,17,25H,13H2,1-2H3. The summed E-state index contributed by atoms with van der Waals surface area (Å²) < 4.78 is 15.9. The molecule has 0 spiro atoms. The second-order valence-corrected chi connectivity index (χ2v) is 6.52. The maximum absolute atomic E-state index is 13.0. The SMILES string of the molecule is COc1ccc(C2=NN(C(=O)c3ccco3)C(c3ccccc3O)C2)cc1OC. The van der Waals surface area contributed by atoms with Crippen molar-refractivity contribution < 1.29 is 23.8 Å². The van der Waals surface area contributed by atoms with Gasteiger partial charge < -0.3 is 19.0 Å². The van der Waals surface area contributed by atoms with Crippen LogP contribution >= 0.6 is 0 Å². The molecule has 2 heterocycles. The predicted octanol–water partition coefficient (Wildman–Crippen LogP) is 3.99. The molecular formula is C22H20N2O5. The molecule has 148 valence electrons. The van der Waals surface area contributed by atoms with Gasteiger partial charge in [0.2, 0.25) is 0 Å². The van der Waals surface area contributed by atoms with Crippen molar-refractivity contribution in [2.45, 2.75) is 12.5 Å². The van der Waals surface area contributed by atoms with E-state index in [0.717, 1.165) is 5.56 Å². The van der Waals surface area contributed by atoms with E-state index in [-0.39, 0.29) is 17.4 Å². The van der Waals surface area contributed by atoms with Crippen LogP contribution in [0.3, 0.4) is 0 Å². The molecule has 1 aliphatic rings. The average molecular weight is 392 g/mol. The van der Waals surface area contributed by atoms with Gasteiger partial charge in [0.05, 0.1) is 32.2 Å². The van der Waals surface area contributed by atoms with Crippen LogP contribution in [-0.2, 0) is 0 Å². The zero-order valence-corrected chi connectivity index (χ0v) is 16.0. The van der Waals surface area contributed by atoms with Crippen molar-refractivity contribution in [3.05, 3.63) is 77.7 Å². The zero-order chi connectivity index (χ0) is 20.4. The number of ether oxygens (including phenoxy) is 2. The van der Waals surface area contributed by atoms with Crippen molar-refractivity contribution in [2.24, 2.45) is 5.10 Å². The fraction of sp³-hybridized carbons (Fsp3) is 0.182. The van der Waals surface area contributed by atoms with Crippen LogP contribution in [0.15, 0.2) is 70.4 Å². The number of carbonyl (C=O) groups is 1. The van der Waals surface area contributed by atoms with Gasteiger partial charge in [-0.15, -0.1) is 0 Å². The minimum Gasteiger partial charge on any atom is -0.508 e. The molecule has 3 aromatic rings. The highest BCUT2D eigenvalue weighted by Crippen LogP contribution is 2.39. The number of para-hydroxylation sites is 1. The van der Waals surface area contributed by atoms with E-state index in [1.807, 2.05) is 18.2 Å². The number of phenols is 1. The van der Waals surface area contributed by atoms with Crippen molar-refractivity contribution in [3.63, 3.8) is 0 Å². The van der Waals surface area contributed by atoms with Crippen LogP contribution in [0.1, 0.15) is 34.1 Å². The third kappa shape index (κ3) is 3.42. The quantitative estimate of drug-likeness (QED) is 0.710. The molecule has 0 saturated heterocycles. The first-order valence-corrected chi connectivity index (χ1v) is 9.07. The number of methoxy groups -OCH3 is 2. The summed E-state index contributed by atoms with van der Waals surface area (Å²) >= 11 is 0. The van der Waals surface area contributed by atoms with Crippen LogP contribution in [0.5, 0.6) is 17.2 Å². The highest BCUT2D eigenvalue weighted by atomic mass is 16.5. The van der Waals surface area contributed by atoms with E-state index in [4.69, 9.17) is 13.9 Å². The minimum absolute atomic E-state index is 0.110. The summed E-state index contributed by atoms with van der Waals surface area (Å²) in [5.41, 5.74) is 2.11. The van der Waals surface area contributed by atoms with E-state index >= 15 is 0 Å². The van der Waals surface area contributed by atoms with Gasteiger partial charge in [0.15, 0.2) is 17.3 Å². The number of furan rings is 1. The summed E-state index contributed by atoms with van der Waals surface area (Å²) in [6.07, 6.45) is 1.87. The fourth-order valence-corrected chi connectivity index (χ4v) is 3.41. The highest BCUT2D eigenvalue weighted by molar-refractivity contribution is 6.05. The second-order valence-electron chi connectivity index (χ2n) is 6.52. The molecule has 1 atom stereocenters. The molecule has 29 heavy (non-hydrogen) atoms. The molecule has 1 amide bonds. The molecule has 7 heteroatoms. The molecule has 0 radical (unpaired) electrons. The Morgan fingerprint density at radius 3 is 2.59 bits per heavy atom. The lowest BCUT2D eigenvalue weighted by molar-refractivity contribution is 0.0677. The van der Waals surface area contributed by atoms with Gasteiger partial charge in [0, 0.05) is 17.5 Å². The molecule has 0 saturated carbocycles. The molecule has 1 unspecified atom stereocenters. The van der Waals surface area contributed by atoms with Gasteiger partial charge in [-0.2, -0.15) is 5.10 Å². The number of nitrogens with zero attached hydrogens (tertiary/aromatic N) is 2. The first kappa shape index (κ1) is 18.6. The van der Waals surface area contributed by atoms with Gasteiger partial charge in [-0.3, -0.25) is 4.79 Å². The van der Waals surface area contributed by atoms with Gasteiger partial charge in [0.1, 0.15) is 5.75 Å². The third-order valence-corrected chi connectivity index (χ3v) is 4.86. The Morgan fingerprint density at radius 1 is 1.10 bits per heavy atom. The normalized spacial score (nSPS) is 15.9. The largest absolute Gasteiger partial charge is 0.508 e. The summed E-state index contributed by atoms with van der Waals surface area (Å²) in [5.74, 6) is 1.10. The number of hydrazone groups is 1. The Balaban J connectivity index is 1.75. The maximum Gasteiger partial charge on any atom is 0.310 e. The van der Waals surface area contributed by atoms with Crippen molar-refractivity contribution in [3.8, 4) is 17.2 Å². The lowest BCUT2D eigenvalue weighted by Crippen LogP contribution is -2.26. The monoisotopic (exact) mass is 392 g/mol. The van der Waals surface area contributed by atoms with E-state index in [2.05, 4.69) is 5.10 Å². The number of amides is 1. The van der Waals surface area contributed by atoms with Gasteiger partial charge in [0.25, 0.3) is 0 Å². The summed E-state index contributed by atoms with van der Waals surface area (Å²) in [6, 6.07) is 15.2. The highest BCUT2D eigenvalue weighted by Gasteiger charge is 2.36. The van der Waals surface area contributed by atoms with E-state index in [9.17, 15) is 9.90 Å². The molecule has 1 aromatic heterocycles. The summed E-state index contributed by atoms with van der Waals surface area (Å²) in [5, 5.41) is 16.3. The fourth-order valence-electron chi connectivity index (χ4n) is 3.41. The van der Waals surface area contributed by atoms with Gasteiger partial charge in [-0.1, -0.05) is 18.2 Å². The molecule has 0 bridgehead atoms.